The van der Waals surface area contributed by atoms with Gasteiger partial charge in [0.25, 0.3) is 10.1 Å². The molecule has 0 bridgehead atoms. The van der Waals surface area contributed by atoms with E-state index < -0.39 is 10.1 Å². The summed E-state index contributed by atoms with van der Waals surface area (Å²) in [5.74, 6) is 0.109. The molecular formula is C15H14O4S. The van der Waals surface area contributed by atoms with Crippen molar-refractivity contribution in [3.63, 3.8) is 0 Å². The van der Waals surface area contributed by atoms with Crippen molar-refractivity contribution >= 4 is 28.1 Å². The zero-order valence-corrected chi connectivity index (χ0v) is 11.7. The van der Waals surface area contributed by atoms with Gasteiger partial charge in [-0.25, -0.2) is 0 Å². The molecule has 0 saturated heterocycles. The number of ketones is 1. The van der Waals surface area contributed by atoms with Gasteiger partial charge in [-0.1, -0.05) is 36.4 Å². The van der Waals surface area contributed by atoms with Crippen LogP contribution in [0.4, 0.5) is 0 Å². The summed E-state index contributed by atoms with van der Waals surface area (Å²) in [6.07, 6.45) is 13.3. The fourth-order valence-corrected chi connectivity index (χ4v) is 2.06. The third-order valence-electron chi connectivity index (χ3n) is 2.85. The molecule has 0 amide bonds. The highest BCUT2D eigenvalue weighted by Crippen LogP contribution is 2.03. The Morgan fingerprint density at radius 3 is 2.45 bits per heavy atom. The zero-order chi connectivity index (χ0) is 14.8. The van der Waals surface area contributed by atoms with E-state index in [1.807, 2.05) is 24.3 Å². The second-order valence-electron chi connectivity index (χ2n) is 4.56. The summed E-state index contributed by atoms with van der Waals surface area (Å²) in [7, 11) is -3.67. The number of fused-ring (bicyclic) bond motifs is 2. The zero-order valence-electron chi connectivity index (χ0n) is 10.9. The number of hydrogen-bond acceptors (Lipinski definition) is 3. The van der Waals surface area contributed by atoms with Gasteiger partial charge in [-0.05, 0) is 34.6 Å². The third-order valence-corrected chi connectivity index (χ3v) is 2.85. The molecule has 0 aliphatic heterocycles. The van der Waals surface area contributed by atoms with Gasteiger partial charge in [0.1, 0.15) is 0 Å². The van der Waals surface area contributed by atoms with Crippen LogP contribution < -0.4 is 10.4 Å². The fourth-order valence-electron chi connectivity index (χ4n) is 2.06. The average molecular weight is 290 g/mol. The minimum absolute atomic E-state index is 0.109. The van der Waals surface area contributed by atoms with E-state index in [1.54, 1.807) is 6.08 Å². The van der Waals surface area contributed by atoms with Crippen LogP contribution in [0, 0.1) is 0 Å². The van der Waals surface area contributed by atoms with Crippen molar-refractivity contribution in [1.82, 2.24) is 0 Å². The SMILES string of the molecule is CS(=O)(=O)O.O=C1C=CC=c2cc3c(cc21)=CC=CC3. The molecule has 20 heavy (non-hydrogen) atoms. The maximum absolute atomic E-state index is 11.6. The van der Waals surface area contributed by atoms with Gasteiger partial charge in [-0.2, -0.15) is 8.42 Å². The lowest BCUT2D eigenvalue weighted by atomic mass is 9.96. The fraction of sp³-hybridized carbons (Fsp3) is 0.133. The summed E-state index contributed by atoms with van der Waals surface area (Å²) in [6.45, 7) is 0. The Balaban J connectivity index is 0.000000257. The Morgan fingerprint density at radius 1 is 1.10 bits per heavy atom. The second-order valence-corrected chi connectivity index (χ2v) is 6.03. The Kier molecular flexibility index (Phi) is 4.01. The van der Waals surface area contributed by atoms with Crippen molar-refractivity contribution in [2.24, 2.45) is 0 Å². The smallest absolute Gasteiger partial charge is 0.261 e. The van der Waals surface area contributed by atoms with Crippen molar-refractivity contribution in [1.29, 1.82) is 0 Å². The molecule has 2 aliphatic carbocycles. The first-order valence-electron chi connectivity index (χ1n) is 5.99. The van der Waals surface area contributed by atoms with Gasteiger partial charge in [-0.15, -0.1) is 0 Å². The predicted octanol–water partition coefficient (Wildman–Crippen LogP) is 0.616. The Morgan fingerprint density at radius 2 is 1.75 bits per heavy atom. The number of carbonyl (C=O) groups excluding carboxylic acids is 1. The third kappa shape index (κ3) is 3.76. The van der Waals surface area contributed by atoms with E-state index >= 15 is 0 Å². The second kappa shape index (κ2) is 5.56. The lowest BCUT2D eigenvalue weighted by molar-refractivity contribution is 0.104. The Bertz CT molecular complexity index is 819. The minimum atomic E-state index is -3.67. The highest BCUT2D eigenvalue weighted by Gasteiger charge is 2.09. The molecule has 0 unspecified atom stereocenters. The molecular weight excluding hydrogens is 276 g/mol. The number of benzene rings is 1. The normalized spacial score (nSPS) is 15.2. The van der Waals surface area contributed by atoms with Gasteiger partial charge in [0.2, 0.25) is 0 Å². The van der Waals surface area contributed by atoms with Gasteiger partial charge >= 0.3 is 0 Å². The van der Waals surface area contributed by atoms with Gasteiger partial charge < -0.3 is 0 Å². The van der Waals surface area contributed by atoms with Crippen LogP contribution in [0.15, 0.2) is 36.4 Å². The molecule has 5 heteroatoms. The van der Waals surface area contributed by atoms with Crippen molar-refractivity contribution < 1.29 is 17.8 Å². The summed E-state index contributed by atoms with van der Waals surface area (Å²) in [5.41, 5.74) is 2.12. The van der Waals surface area contributed by atoms with E-state index in [0.717, 1.165) is 17.2 Å². The molecule has 1 aromatic rings. The molecule has 0 spiro atoms. The molecule has 0 saturated carbocycles. The van der Waals surface area contributed by atoms with E-state index in [1.165, 1.54) is 10.8 Å². The van der Waals surface area contributed by atoms with Gasteiger partial charge in [0.05, 0.1) is 6.26 Å². The van der Waals surface area contributed by atoms with Gasteiger partial charge in [0.15, 0.2) is 5.78 Å². The van der Waals surface area contributed by atoms with Crippen LogP contribution in [0.3, 0.4) is 0 Å². The van der Waals surface area contributed by atoms with Crippen molar-refractivity contribution in [2.45, 2.75) is 6.42 Å². The molecule has 0 atom stereocenters. The van der Waals surface area contributed by atoms with Crippen molar-refractivity contribution in [3.05, 3.63) is 58.0 Å². The molecule has 3 rings (SSSR count). The summed E-state index contributed by atoms with van der Waals surface area (Å²) < 4.78 is 25.9. The average Bonchev–Trinajstić information content (AvgIpc) is 2.35. The minimum Gasteiger partial charge on any atom is -0.289 e. The molecule has 0 fully saturated rings. The highest BCUT2D eigenvalue weighted by atomic mass is 32.2. The first-order valence-corrected chi connectivity index (χ1v) is 7.84. The number of carbonyl (C=O) groups is 1. The standard InChI is InChI=1S/C14H10O.CH4O3S/c15-14-7-3-6-12-8-10-4-1-2-5-11(10)9-13(12)14;1-5(2,3)4/h1-3,5-9H,4H2;1H3,(H,2,3,4). The van der Waals surface area contributed by atoms with Crippen LogP contribution >= 0.6 is 0 Å². The molecule has 2 aliphatic rings. The number of allylic oxidation sites excluding steroid dienone is 4. The predicted molar refractivity (Wildman–Crippen MR) is 78.4 cm³/mol. The van der Waals surface area contributed by atoms with E-state index in [4.69, 9.17) is 4.55 Å². The van der Waals surface area contributed by atoms with E-state index in [0.29, 0.717) is 6.26 Å². The molecule has 0 radical (unpaired) electrons. The van der Waals surface area contributed by atoms with Crippen LogP contribution in [0.5, 0.6) is 0 Å². The van der Waals surface area contributed by atoms with Crippen LogP contribution in [-0.2, 0) is 16.5 Å². The van der Waals surface area contributed by atoms with Crippen LogP contribution in [-0.4, -0.2) is 25.0 Å². The number of hydrogen-bond donors (Lipinski definition) is 1. The molecule has 104 valence electrons. The largest absolute Gasteiger partial charge is 0.289 e. The summed E-state index contributed by atoms with van der Waals surface area (Å²) >= 11 is 0. The molecule has 1 aromatic carbocycles. The van der Waals surface area contributed by atoms with E-state index in [2.05, 4.69) is 18.2 Å². The summed E-state index contributed by atoms with van der Waals surface area (Å²) in [4.78, 5) is 11.6. The lowest BCUT2D eigenvalue weighted by Gasteiger charge is -2.08. The quantitative estimate of drug-likeness (QED) is 0.711. The van der Waals surface area contributed by atoms with Gasteiger partial charge in [-0.3, -0.25) is 9.35 Å². The maximum atomic E-state index is 11.6. The summed E-state index contributed by atoms with van der Waals surface area (Å²) in [5, 5.41) is 2.22. The van der Waals surface area contributed by atoms with Crippen molar-refractivity contribution in [3.8, 4) is 0 Å². The maximum Gasteiger partial charge on any atom is 0.261 e. The first kappa shape index (κ1) is 14.4. The molecule has 1 N–H and O–H groups in total. The van der Waals surface area contributed by atoms with E-state index in [9.17, 15) is 13.2 Å². The van der Waals surface area contributed by atoms with Gasteiger partial charge in [0, 0.05) is 5.56 Å². The molecule has 4 nitrogen and oxygen atoms in total. The number of rotatable bonds is 0. The Hall–Kier alpha value is -1.98. The molecule has 0 aromatic heterocycles. The van der Waals surface area contributed by atoms with E-state index in [-0.39, 0.29) is 5.78 Å². The lowest BCUT2D eigenvalue weighted by Crippen LogP contribution is -2.24. The van der Waals surface area contributed by atoms with Crippen molar-refractivity contribution in [2.75, 3.05) is 6.26 Å². The molecule has 0 heterocycles. The first-order chi connectivity index (χ1) is 9.34. The Labute approximate surface area is 117 Å². The summed E-state index contributed by atoms with van der Waals surface area (Å²) in [6, 6.07) is 4.11. The monoisotopic (exact) mass is 290 g/mol. The topological polar surface area (TPSA) is 71.4 Å². The van der Waals surface area contributed by atoms with Crippen LogP contribution in [0.2, 0.25) is 0 Å². The highest BCUT2D eigenvalue weighted by molar-refractivity contribution is 7.85. The van der Waals surface area contributed by atoms with Crippen LogP contribution in [0.25, 0.3) is 12.2 Å². The van der Waals surface area contributed by atoms with Crippen LogP contribution in [0.1, 0.15) is 15.9 Å².